The van der Waals surface area contributed by atoms with Crippen molar-refractivity contribution in [2.75, 3.05) is 26.4 Å². The molecule has 0 aliphatic heterocycles. The molecule has 0 radical (unpaired) electrons. The van der Waals surface area contributed by atoms with Crippen LogP contribution in [0.25, 0.3) is 0 Å². The van der Waals surface area contributed by atoms with Crippen LogP contribution in [0.4, 0.5) is 0 Å². The number of rotatable bonds is 4. The first-order valence-corrected chi connectivity index (χ1v) is 5.79. The molecule has 1 rings (SSSR count). The molecule has 5 heteroatoms. The second kappa shape index (κ2) is 9.99. The maximum absolute atomic E-state index is 8.82. The van der Waals surface area contributed by atoms with Gasteiger partial charge >= 0.3 is 0 Å². The molecule has 1 aliphatic carbocycles. The monoisotopic (exact) mass is 236 g/mol. The third-order valence-electron chi connectivity index (χ3n) is 2.83. The Morgan fingerprint density at radius 1 is 0.875 bits per heavy atom. The Morgan fingerprint density at radius 3 is 1.56 bits per heavy atom. The van der Waals surface area contributed by atoms with Gasteiger partial charge in [-0.25, -0.2) is 0 Å². The van der Waals surface area contributed by atoms with Crippen molar-refractivity contribution >= 4 is 0 Å². The summed E-state index contributed by atoms with van der Waals surface area (Å²) in [5, 5.41) is 41.7. The molecule has 0 saturated heterocycles. The summed E-state index contributed by atoms with van der Waals surface area (Å²) in [7, 11) is 0. The van der Waals surface area contributed by atoms with Gasteiger partial charge < -0.3 is 25.5 Å². The Labute approximate surface area is 96.4 Å². The first kappa shape index (κ1) is 15.8. The average molecular weight is 236 g/mol. The van der Waals surface area contributed by atoms with Gasteiger partial charge in [0, 0.05) is 13.2 Å². The van der Waals surface area contributed by atoms with Gasteiger partial charge in [0.15, 0.2) is 0 Å². The lowest BCUT2D eigenvalue weighted by molar-refractivity contribution is 0.0450. The molecular formula is C11H24O5. The van der Waals surface area contributed by atoms with Crippen LogP contribution in [-0.2, 0) is 0 Å². The minimum Gasteiger partial charge on any atom is -0.396 e. The molecule has 5 nitrogen and oxygen atoms in total. The topological polar surface area (TPSA) is 101 Å². The van der Waals surface area contributed by atoms with Crippen molar-refractivity contribution < 1.29 is 25.5 Å². The smallest absolute Gasteiger partial charge is 0.100 e. The van der Waals surface area contributed by atoms with Crippen LogP contribution in [0.15, 0.2) is 0 Å². The van der Waals surface area contributed by atoms with Crippen LogP contribution in [0.2, 0.25) is 0 Å². The molecule has 2 atom stereocenters. The Hall–Kier alpha value is -0.200. The summed E-state index contributed by atoms with van der Waals surface area (Å²) in [5.41, 5.74) is 0. The normalized spacial score (nSPS) is 25.1. The molecule has 2 unspecified atom stereocenters. The number of hydrogen-bond donors (Lipinski definition) is 5. The zero-order chi connectivity index (χ0) is 12.4. The van der Waals surface area contributed by atoms with Crippen LogP contribution >= 0.6 is 0 Å². The highest BCUT2D eigenvalue weighted by molar-refractivity contribution is 4.71. The van der Waals surface area contributed by atoms with Gasteiger partial charge in [0.25, 0.3) is 0 Å². The third-order valence-corrected chi connectivity index (χ3v) is 2.83. The molecule has 0 amide bonds. The fourth-order valence-corrected chi connectivity index (χ4v) is 1.79. The lowest BCUT2D eigenvalue weighted by atomic mass is 9.82. The maximum Gasteiger partial charge on any atom is 0.100 e. The van der Waals surface area contributed by atoms with Crippen molar-refractivity contribution in [1.82, 2.24) is 0 Å². The zero-order valence-corrected chi connectivity index (χ0v) is 9.62. The van der Waals surface area contributed by atoms with E-state index in [1.807, 2.05) is 0 Å². The van der Waals surface area contributed by atoms with Crippen LogP contribution in [0, 0.1) is 11.8 Å². The fraction of sp³-hybridized carbons (Fsp3) is 1.00. The predicted molar refractivity (Wildman–Crippen MR) is 59.8 cm³/mol. The summed E-state index contributed by atoms with van der Waals surface area (Å²) in [6.45, 7) is -0.125. The number of aliphatic hydroxyl groups is 5. The van der Waals surface area contributed by atoms with Gasteiger partial charge in [-0.15, -0.1) is 0 Å². The van der Waals surface area contributed by atoms with E-state index in [9.17, 15) is 0 Å². The minimum absolute atomic E-state index is 0.302. The summed E-state index contributed by atoms with van der Waals surface area (Å²) >= 11 is 0. The average Bonchev–Trinajstić information content (AvgIpc) is 2.38. The molecule has 0 spiro atoms. The third kappa shape index (κ3) is 7.14. The highest BCUT2D eigenvalue weighted by Gasteiger charge is 2.20. The quantitative estimate of drug-likeness (QED) is 0.436. The van der Waals surface area contributed by atoms with Gasteiger partial charge in [-0.05, 0) is 31.1 Å². The second-order valence-electron chi connectivity index (χ2n) is 4.28. The molecule has 0 aromatic rings. The van der Waals surface area contributed by atoms with Gasteiger partial charge in [-0.3, -0.25) is 0 Å². The van der Waals surface area contributed by atoms with E-state index in [0.29, 0.717) is 25.0 Å². The standard InChI is InChI=1S/C8H16O2.C3H8O3/c9-5-7-2-1-3-8(4-7)6-10;4-1-3(6)2-5/h7-10H,1-6H2;3-6H,1-2H2. The predicted octanol–water partition coefficient (Wildman–Crippen LogP) is -0.891. The zero-order valence-electron chi connectivity index (χ0n) is 9.62. The summed E-state index contributed by atoms with van der Waals surface area (Å²) in [5.74, 6) is 0.928. The molecule has 0 heterocycles. The highest BCUT2D eigenvalue weighted by Crippen LogP contribution is 2.27. The molecule has 0 aromatic heterocycles. The first-order chi connectivity index (χ1) is 7.67. The van der Waals surface area contributed by atoms with E-state index >= 15 is 0 Å². The van der Waals surface area contributed by atoms with Crippen LogP contribution in [0.1, 0.15) is 25.7 Å². The van der Waals surface area contributed by atoms with E-state index < -0.39 is 6.10 Å². The lowest BCUT2D eigenvalue weighted by Gasteiger charge is -2.26. The molecule has 1 aliphatic rings. The Morgan fingerprint density at radius 2 is 1.31 bits per heavy atom. The van der Waals surface area contributed by atoms with Crippen LogP contribution in [-0.4, -0.2) is 58.1 Å². The van der Waals surface area contributed by atoms with E-state index in [0.717, 1.165) is 19.3 Å². The van der Waals surface area contributed by atoms with Crippen LogP contribution in [0.3, 0.4) is 0 Å². The van der Waals surface area contributed by atoms with Gasteiger partial charge in [0.1, 0.15) is 6.10 Å². The van der Waals surface area contributed by atoms with E-state index in [-0.39, 0.29) is 13.2 Å². The molecule has 0 bridgehead atoms. The number of aliphatic hydroxyl groups excluding tert-OH is 5. The maximum atomic E-state index is 8.82. The lowest BCUT2D eigenvalue weighted by Crippen LogP contribution is -2.20. The minimum atomic E-state index is -0.954. The summed E-state index contributed by atoms with van der Waals surface area (Å²) in [6.07, 6.45) is 3.54. The van der Waals surface area contributed by atoms with E-state index in [1.165, 1.54) is 6.42 Å². The van der Waals surface area contributed by atoms with Gasteiger partial charge in [-0.1, -0.05) is 6.42 Å². The Bertz CT molecular complexity index is 139. The Kier molecular flexibility index (Phi) is 9.86. The molecule has 0 aromatic carbocycles. The molecular weight excluding hydrogens is 212 g/mol. The number of hydrogen-bond acceptors (Lipinski definition) is 5. The fourth-order valence-electron chi connectivity index (χ4n) is 1.79. The van der Waals surface area contributed by atoms with Gasteiger partial charge in [0.2, 0.25) is 0 Å². The van der Waals surface area contributed by atoms with Crippen molar-refractivity contribution in [3.05, 3.63) is 0 Å². The summed E-state index contributed by atoms with van der Waals surface area (Å²) in [6, 6.07) is 0. The van der Waals surface area contributed by atoms with Crippen molar-refractivity contribution in [2.45, 2.75) is 31.8 Å². The van der Waals surface area contributed by atoms with Crippen LogP contribution < -0.4 is 0 Å². The van der Waals surface area contributed by atoms with Crippen molar-refractivity contribution in [1.29, 1.82) is 0 Å². The van der Waals surface area contributed by atoms with E-state index in [1.54, 1.807) is 0 Å². The summed E-state index contributed by atoms with van der Waals surface area (Å²) in [4.78, 5) is 0. The molecule has 1 saturated carbocycles. The first-order valence-electron chi connectivity index (χ1n) is 5.79. The van der Waals surface area contributed by atoms with Crippen molar-refractivity contribution in [3.63, 3.8) is 0 Å². The van der Waals surface area contributed by atoms with Crippen molar-refractivity contribution in [3.8, 4) is 0 Å². The molecule has 16 heavy (non-hydrogen) atoms. The Balaban J connectivity index is 0.000000325. The second-order valence-corrected chi connectivity index (χ2v) is 4.28. The van der Waals surface area contributed by atoms with Crippen molar-refractivity contribution in [2.24, 2.45) is 11.8 Å². The molecule has 1 fully saturated rings. The van der Waals surface area contributed by atoms with Crippen LogP contribution in [0.5, 0.6) is 0 Å². The molecule has 98 valence electrons. The van der Waals surface area contributed by atoms with Gasteiger partial charge in [0.05, 0.1) is 13.2 Å². The van der Waals surface area contributed by atoms with Gasteiger partial charge in [-0.2, -0.15) is 0 Å². The SMILES string of the molecule is OCC(O)CO.OCC1CCCC(CO)C1. The largest absolute Gasteiger partial charge is 0.396 e. The molecule has 5 N–H and O–H groups in total. The van der Waals surface area contributed by atoms with E-state index in [2.05, 4.69) is 0 Å². The summed E-state index contributed by atoms with van der Waals surface area (Å²) < 4.78 is 0. The highest BCUT2D eigenvalue weighted by atomic mass is 16.3. The van der Waals surface area contributed by atoms with E-state index in [4.69, 9.17) is 25.5 Å².